The van der Waals surface area contributed by atoms with Crippen molar-refractivity contribution in [1.29, 1.82) is 0 Å². The van der Waals surface area contributed by atoms with Gasteiger partial charge in [0.2, 0.25) is 10.0 Å². The molecule has 0 spiro atoms. The third kappa shape index (κ3) is 5.78. The third-order valence-corrected chi connectivity index (χ3v) is 7.75. The van der Waals surface area contributed by atoms with E-state index in [0.29, 0.717) is 26.2 Å². The lowest BCUT2D eigenvalue weighted by Crippen LogP contribution is -2.36. The Balaban J connectivity index is 1.93. The number of thiophene rings is 1. The van der Waals surface area contributed by atoms with Crippen LogP contribution in [0.3, 0.4) is 0 Å². The maximum absolute atomic E-state index is 12.5. The van der Waals surface area contributed by atoms with Crippen LogP contribution in [0.2, 0.25) is 0 Å². The fourth-order valence-corrected chi connectivity index (χ4v) is 5.54. The van der Waals surface area contributed by atoms with Gasteiger partial charge in [0.25, 0.3) is 0 Å². The molecule has 0 saturated heterocycles. The maximum atomic E-state index is 12.5. The van der Waals surface area contributed by atoms with Crippen LogP contribution in [-0.4, -0.2) is 43.8 Å². The van der Waals surface area contributed by atoms with Crippen molar-refractivity contribution in [1.82, 2.24) is 14.5 Å². The topological polar surface area (TPSA) is 69.7 Å². The van der Waals surface area contributed by atoms with Crippen molar-refractivity contribution >= 4 is 43.3 Å². The van der Waals surface area contributed by atoms with E-state index in [0.717, 1.165) is 14.2 Å². The molecule has 0 aliphatic rings. The summed E-state index contributed by atoms with van der Waals surface area (Å²) in [7, 11) is -1.72. The van der Waals surface area contributed by atoms with Crippen molar-refractivity contribution in [2.75, 3.05) is 20.1 Å². The normalized spacial score (nSPS) is 11.6. The molecule has 0 unspecified atom stereocenters. The monoisotopic (exact) mass is 473 g/mol. The first-order valence-corrected chi connectivity index (χ1v) is 11.6. The van der Waals surface area contributed by atoms with E-state index in [1.54, 1.807) is 47.5 Å². The Kier molecular flexibility index (Phi) is 7.84. The average Bonchev–Trinajstić information content (AvgIpc) is 3.05. The zero-order chi connectivity index (χ0) is 20.0. The summed E-state index contributed by atoms with van der Waals surface area (Å²) in [6.45, 7) is 5.37. The van der Waals surface area contributed by atoms with Crippen LogP contribution in [0.15, 0.2) is 45.1 Å². The van der Waals surface area contributed by atoms with E-state index in [1.165, 1.54) is 4.31 Å². The summed E-state index contributed by atoms with van der Waals surface area (Å²) in [6, 6.07) is 10.4. The quantitative estimate of drug-likeness (QED) is 0.632. The minimum absolute atomic E-state index is 0.181. The number of nitrogens with zero attached hydrogens (tertiary/aromatic N) is 2. The smallest absolute Gasteiger partial charge is 0.317 e. The predicted octanol–water partition coefficient (Wildman–Crippen LogP) is 3.88. The van der Waals surface area contributed by atoms with Gasteiger partial charge in [-0.2, -0.15) is 4.31 Å². The van der Waals surface area contributed by atoms with E-state index < -0.39 is 10.0 Å². The summed E-state index contributed by atoms with van der Waals surface area (Å²) in [6.07, 6.45) is 0. The van der Waals surface area contributed by atoms with Gasteiger partial charge in [0.1, 0.15) is 0 Å². The van der Waals surface area contributed by atoms with Crippen LogP contribution in [0.5, 0.6) is 0 Å². The standard InChI is InChI=1S/C18H24BrN3O3S2/c1-4-22(5-2)27(24,25)16-9-6-14(7-10-16)12-20-18(23)21(3)13-15-8-11-17(19)26-15/h6-11H,4-5,12-13H2,1-3H3,(H,20,23). The lowest BCUT2D eigenvalue weighted by Gasteiger charge is -2.19. The molecule has 9 heteroatoms. The van der Waals surface area contributed by atoms with Crippen molar-refractivity contribution in [3.8, 4) is 0 Å². The highest BCUT2D eigenvalue weighted by Gasteiger charge is 2.21. The summed E-state index contributed by atoms with van der Waals surface area (Å²) < 4.78 is 27.4. The molecule has 0 atom stereocenters. The van der Waals surface area contributed by atoms with E-state index in [4.69, 9.17) is 0 Å². The second-order valence-corrected chi connectivity index (χ2v) is 10.4. The number of nitrogens with one attached hydrogen (secondary N) is 1. The van der Waals surface area contributed by atoms with E-state index in [9.17, 15) is 13.2 Å². The minimum Gasteiger partial charge on any atom is -0.334 e. The number of urea groups is 1. The van der Waals surface area contributed by atoms with Gasteiger partial charge in [-0.25, -0.2) is 13.2 Å². The molecular weight excluding hydrogens is 450 g/mol. The summed E-state index contributed by atoms with van der Waals surface area (Å²) in [5, 5.41) is 2.85. The Hall–Kier alpha value is -1.42. The van der Waals surface area contributed by atoms with Gasteiger partial charge in [0.05, 0.1) is 15.2 Å². The van der Waals surface area contributed by atoms with Crippen molar-refractivity contribution in [3.63, 3.8) is 0 Å². The first-order chi connectivity index (χ1) is 12.8. The number of hydrogen-bond donors (Lipinski definition) is 1. The van der Waals surface area contributed by atoms with Gasteiger partial charge in [-0.1, -0.05) is 26.0 Å². The van der Waals surface area contributed by atoms with Crippen molar-refractivity contribution < 1.29 is 13.2 Å². The molecule has 148 valence electrons. The summed E-state index contributed by atoms with van der Waals surface area (Å²) in [5.41, 5.74) is 0.842. The Morgan fingerprint density at radius 1 is 1.11 bits per heavy atom. The second-order valence-electron chi connectivity index (χ2n) is 5.95. The molecule has 2 rings (SSSR count). The van der Waals surface area contributed by atoms with Crippen LogP contribution in [0.1, 0.15) is 24.3 Å². The molecule has 1 heterocycles. The fraction of sp³-hybridized carbons (Fsp3) is 0.389. The number of sulfonamides is 1. The maximum Gasteiger partial charge on any atom is 0.317 e. The minimum atomic E-state index is -3.46. The van der Waals surface area contributed by atoms with Crippen molar-refractivity contribution in [2.24, 2.45) is 0 Å². The van der Waals surface area contributed by atoms with Gasteiger partial charge >= 0.3 is 6.03 Å². The van der Waals surface area contributed by atoms with E-state index >= 15 is 0 Å². The van der Waals surface area contributed by atoms with E-state index in [1.807, 2.05) is 26.0 Å². The van der Waals surface area contributed by atoms with Gasteiger partial charge in [-0.05, 0) is 45.8 Å². The third-order valence-electron chi connectivity index (χ3n) is 4.08. The highest BCUT2D eigenvalue weighted by atomic mass is 79.9. The first-order valence-electron chi connectivity index (χ1n) is 8.60. The van der Waals surface area contributed by atoms with Crippen LogP contribution in [-0.2, 0) is 23.1 Å². The molecule has 0 bridgehead atoms. The summed E-state index contributed by atoms with van der Waals surface area (Å²) in [4.78, 5) is 15.2. The van der Waals surface area contributed by atoms with Gasteiger partial charge < -0.3 is 10.2 Å². The van der Waals surface area contributed by atoms with E-state index in [2.05, 4.69) is 21.2 Å². The zero-order valence-electron chi connectivity index (χ0n) is 15.6. The number of amides is 2. The molecule has 1 aromatic heterocycles. The Morgan fingerprint density at radius 3 is 2.26 bits per heavy atom. The second kappa shape index (κ2) is 9.68. The SMILES string of the molecule is CCN(CC)S(=O)(=O)c1ccc(CNC(=O)N(C)Cc2ccc(Br)s2)cc1. The molecule has 0 radical (unpaired) electrons. The van der Waals surface area contributed by atoms with Crippen LogP contribution in [0.4, 0.5) is 4.79 Å². The van der Waals surface area contributed by atoms with Gasteiger partial charge in [-0.15, -0.1) is 11.3 Å². The molecule has 1 N–H and O–H groups in total. The van der Waals surface area contributed by atoms with Gasteiger partial charge in [0.15, 0.2) is 0 Å². The molecule has 6 nitrogen and oxygen atoms in total. The molecule has 0 aliphatic heterocycles. The highest BCUT2D eigenvalue weighted by molar-refractivity contribution is 9.11. The number of hydrogen-bond acceptors (Lipinski definition) is 4. The number of carbonyl (C=O) groups excluding carboxylic acids is 1. The molecule has 1 aromatic carbocycles. The summed E-state index contributed by atoms with van der Waals surface area (Å²) >= 11 is 5.00. The Bertz CT molecular complexity index is 862. The highest BCUT2D eigenvalue weighted by Crippen LogP contribution is 2.23. The average molecular weight is 474 g/mol. The van der Waals surface area contributed by atoms with Gasteiger partial charge in [-0.3, -0.25) is 0 Å². The molecule has 2 amide bonds. The molecule has 0 aliphatic carbocycles. The van der Waals surface area contributed by atoms with Crippen molar-refractivity contribution in [2.45, 2.75) is 31.8 Å². The molecule has 0 saturated carbocycles. The number of rotatable bonds is 8. The van der Waals surface area contributed by atoms with Crippen LogP contribution >= 0.6 is 27.3 Å². The van der Waals surface area contributed by atoms with E-state index in [-0.39, 0.29) is 10.9 Å². The predicted molar refractivity (Wildman–Crippen MR) is 112 cm³/mol. The molecular formula is C18H24BrN3O3S2. The van der Waals surface area contributed by atoms with Crippen LogP contribution < -0.4 is 5.32 Å². The van der Waals surface area contributed by atoms with Gasteiger partial charge in [0, 0.05) is 31.6 Å². The first kappa shape index (κ1) is 21.9. The Morgan fingerprint density at radius 2 is 1.74 bits per heavy atom. The number of benzene rings is 1. The van der Waals surface area contributed by atoms with Crippen molar-refractivity contribution in [3.05, 3.63) is 50.6 Å². The summed E-state index contributed by atoms with van der Waals surface area (Å²) in [5.74, 6) is 0. The Labute approximate surface area is 173 Å². The zero-order valence-corrected chi connectivity index (χ0v) is 18.8. The lowest BCUT2D eigenvalue weighted by molar-refractivity contribution is 0.207. The fourth-order valence-electron chi connectivity index (χ4n) is 2.55. The molecule has 0 fully saturated rings. The van der Waals surface area contributed by atoms with Crippen LogP contribution in [0, 0.1) is 0 Å². The largest absolute Gasteiger partial charge is 0.334 e. The lowest BCUT2D eigenvalue weighted by atomic mass is 10.2. The molecule has 27 heavy (non-hydrogen) atoms. The number of carbonyl (C=O) groups is 1. The van der Waals surface area contributed by atoms with Crippen LogP contribution in [0.25, 0.3) is 0 Å². The number of halogens is 1. The molecule has 2 aromatic rings.